The van der Waals surface area contributed by atoms with E-state index in [0.29, 0.717) is 24.3 Å². The lowest BCUT2D eigenvalue weighted by Crippen LogP contribution is -2.38. The molecule has 1 aliphatic rings. The fourth-order valence-electron chi connectivity index (χ4n) is 3.35. The average molecular weight is 325 g/mol. The first-order valence-corrected chi connectivity index (χ1v) is 7.97. The quantitative estimate of drug-likeness (QED) is 0.686. The lowest BCUT2D eigenvalue weighted by molar-refractivity contribution is 0.211. The molecule has 0 saturated heterocycles. The highest BCUT2D eigenvalue weighted by Crippen LogP contribution is 2.19. The van der Waals surface area contributed by atoms with Crippen LogP contribution in [-0.2, 0) is 33.7 Å². The highest BCUT2D eigenvalue weighted by atomic mass is 16.2. The van der Waals surface area contributed by atoms with Gasteiger partial charge in [-0.3, -0.25) is 18.8 Å². The third kappa shape index (κ3) is 2.20. The number of hydrogen-bond donors (Lipinski definition) is 0. The van der Waals surface area contributed by atoms with Crippen LogP contribution in [0.4, 0.5) is 0 Å². The van der Waals surface area contributed by atoms with Gasteiger partial charge in [-0.15, -0.1) is 0 Å². The number of hydrogen-bond acceptors (Lipinski definition) is 4. The zero-order chi connectivity index (χ0) is 16.8. The number of aromatic nitrogens is 4. The van der Waals surface area contributed by atoms with Crippen molar-refractivity contribution >= 4 is 11.2 Å². The van der Waals surface area contributed by atoms with Crippen LogP contribution in [0.3, 0.4) is 0 Å². The minimum absolute atomic E-state index is 0.275. The maximum absolute atomic E-state index is 12.5. The highest BCUT2D eigenvalue weighted by molar-refractivity contribution is 5.71. The third-order valence-corrected chi connectivity index (χ3v) is 4.68. The molecular formula is C17H19N5O2. The molecule has 0 atom stereocenters. The summed E-state index contributed by atoms with van der Waals surface area (Å²) in [5.41, 5.74) is 1.63. The number of imidazole rings is 1. The second kappa shape index (κ2) is 5.45. The zero-order valence-corrected chi connectivity index (χ0v) is 13.8. The molecule has 124 valence electrons. The molecule has 0 saturated carbocycles. The Balaban J connectivity index is 1.75. The molecule has 7 nitrogen and oxygen atoms in total. The van der Waals surface area contributed by atoms with Gasteiger partial charge in [0.15, 0.2) is 11.2 Å². The average Bonchev–Trinajstić information content (AvgIpc) is 2.98. The largest absolute Gasteiger partial charge is 0.332 e. The van der Waals surface area contributed by atoms with E-state index >= 15 is 0 Å². The molecule has 2 aromatic heterocycles. The molecule has 1 aromatic carbocycles. The van der Waals surface area contributed by atoms with Crippen molar-refractivity contribution in [2.45, 2.75) is 19.6 Å². The van der Waals surface area contributed by atoms with Crippen molar-refractivity contribution in [1.29, 1.82) is 0 Å². The summed E-state index contributed by atoms with van der Waals surface area (Å²) in [5.74, 6) is 0.838. The third-order valence-electron chi connectivity index (χ3n) is 4.68. The molecule has 0 amide bonds. The van der Waals surface area contributed by atoms with E-state index in [0.717, 1.165) is 23.5 Å². The first kappa shape index (κ1) is 14.9. The molecule has 24 heavy (non-hydrogen) atoms. The van der Waals surface area contributed by atoms with Gasteiger partial charge in [0.25, 0.3) is 5.56 Å². The summed E-state index contributed by atoms with van der Waals surface area (Å²) in [4.78, 5) is 31.5. The molecule has 3 aromatic rings. The minimum atomic E-state index is -0.343. The molecule has 0 bridgehead atoms. The van der Waals surface area contributed by atoms with Gasteiger partial charge in [-0.05, 0) is 5.56 Å². The van der Waals surface area contributed by atoms with Crippen LogP contribution in [0.2, 0.25) is 0 Å². The molecule has 7 heteroatoms. The SMILES string of the molecule is Cn1c(=O)c2c(nc3n2CCN(Cc2ccccc2)C3)n(C)c1=O. The molecule has 0 fully saturated rings. The van der Waals surface area contributed by atoms with Crippen LogP contribution in [0.25, 0.3) is 11.2 Å². The van der Waals surface area contributed by atoms with Crippen molar-refractivity contribution in [2.24, 2.45) is 14.1 Å². The lowest BCUT2D eigenvalue weighted by atomic mass is 10.2. The summed E-state index contributed by atoms with van der Waals surface area (Å²) in [5, 5.41) is 0. The summed E-state index contributed by atoms with van der Waals surface area (Å²) in [6.45, 7) is 3.06. The van der Waals surface area contributed by atoms with Crippen LogP contribution in [0, 0.1) is 0 Å². The number of benzene rings is 1. The zero-order valence-electron chi connectivity index (χ0n) is 13.8. The fraction of sp³-hybridized carbons (Fsp3) is 0.353. The Bertz CT molecular complexity index is 1030. The smallest absolute Gasteiger partial charge is 0.320 e. The van der Waals surface area contributed by atoms with Gasteiger partial charge >= 0.3 is 5.69 Å². The molecule has 0 N–H and O–H groups in total. The van der Waals surface area contributed by atoms with Crippen molar-refractivity contribution < 1.29 is 0 Å². The summed E-state index contributed by atoms with van der Waals surface area (Å²) < 4.78 is 4.55. The van der Waals surface area contributed by atoms with E-state index in [1.54, 1.807) is 7.05 Å². The maximum Gasteiger partial charge on any atom is 0.332 e. The Morgan fingerprint density at radius 1 is 1.04 bits per heavy atom. The van der Waals surface area contributed by atoms with Crippen LogP contribution < -0.4 is 11.2 Å². The number of fused-ring (bicyclic) bond motifs is 3. The molecule has 1 aliphatic heterocycles. The van der Waals surface area contributed by atoms with Gasteiger partial charge in [0, 0.05) is 33.7 Å². The second-order valence-corrected chi connectivity index (χ2v) is 6.25. The number of nitrogens with zero attached hydrogens (tertiary/aromatic N) is 5. The minimum Gasteiger partial charge on any atom is -0.320 e. The van der Waals surface area contributed by atoms with E-state index in [2.05, 4.69) is 22.0 Å². The Morgan fingerprint density at radius 3 is 2.54 bits per heavy atom. The Labute approximate surface area is 138 Å². The Kier molecular flexibility index (Phi) is 3.38. The molecule has 4 rings (SSSR count). The number of aryl methyl sites for hydroxylation is 1. The molecule has 0 radical (unpaired) electrons. The van der Waals surface area contributed by atoms with Gasteiger partial charge in [-0.2, -0.15) is 0 Å². The summed E-state index contributed by atoms with van der Waals surface area (Å²) >= 11 is 0. The van der Waals surface area contributed by atoms with Crippen LogP contribution in [0.5, 0.6) is 0 Å². The van der Waals surface area contributed by atoms with Crippen LogP contribution in [0.1, 0.15) is 11.4 Å². The van der Waals surface area contributed by atoms with E-state index < -0.39 is 0 Å². The van der Waals surface area contributed by atoms with Crippen molar-refractivity contribution in [1.82, 2.24) is 23.6 Å². The molecule has 3 heterocycles. The van der Waals surface area contributed by atoms with Crippen molar-refractivity contribution in [3.05, 3.63) is 62.6 Å². The van der Waals surface area contributed by atoms with Crippen LogP contribution in [0.15, 0.2) is 39.9 Å². The first-order valence-electron chi connectivity index (χ1n) is 7.97. The second-order valence-electron chi connectivity index (χ2n) is 6.25. The van der Waals surface area contributed by atoms with E-state index in [9.17, 15) is 9.59 Å². The van der Waals surface area contributed by atoms with Crippen molar-refractivity contribution in [2.75, 3.05) is 6.54 Å². The Hall–Kier alpha value is -2.67. The van der Waals surface area contributed by atoms with Gasteiger partial charge in [0.1, 0.15) is 5.82 Å². The van der Waals surface area contributed by atoms with Gasteiger partial charge in [-0.25, -0.2) is 9.78 Å². The van der Waals surface area contributed by atoms with Gasteiger partial charge in [0.2, 0.25) is 0 Å². The summed E-state index contributed by atoms with van der Waals surface area (Å²) in [6, 6.07) is 10.3. The molecule has 0 unspecified atom stereocenters. The monoisotopic (exact) mass is 325 g/mol. The predicted molar refractivity (Wildman–Crippen MR) is 90.8 cm³/mol. The standard InChI is InChI=1S/C17H19N5O2/c1-19-15-14(16(23)20(2)17(19)24)22-9-8-21(11-13(22)18-15)10-12-6-4-3-5-7-12/h3-7H,8-11H2,1-2H3. The Morgan fingerprint density at radius 2 is 1.79 bits per heavy atom. The van der Waals surface area contributed by atoms with Gasteiger partial charge in [-0.1, -0.05) is 30.3 Å². The molecule has 0 spiro atoms. The van der Waals surface area contributed by atoms with Gasteiger partial charge in [0.05, 0.1) is 6.54 Å². The van der Waals surface area contributed by atoms with Gasteiger partial charge < -0.3 is 4.57 Å². The summed E-state index contributed by atoms with van der Waals surface area (Å²) in [7, 11) is 3.17. The maximum atomic E-state index is 12.5. The molecule has 0 aliphatic carbocycles. The van der Waals surface area contributed by atoms with Crippen molar-refractivity contribution in [3.63, 3.8) is 0 Å². The van der Waals surface area contributed by atoms with Crippen LogP contribution in [-0.4, -0.2) is 30.1 Å². The van der Waals surface area contributed by atoms with Crippen molar-refractivity contribution in [3.8, 4) is 0 Å². The predicted octanol–water partition coefficient (Wildman–Crippen LogP) is 0.449. The van der Waals surface area contributed by atoms with E-state index in [1.807, 2.05) is 22.8 Å². The fourth-order valence-corrected chi connectivity index (χ4v) is 3.35. The first-order chi connectivity index (χ1) is 11.6. The van der Waals surface area contributed by atoms with E-state index in [1.165, 1.54) is 17.2 Å². The topological polar surface area (TPSA) is 65.1 Å². The van der Waals surface area contributed by atoms with E-state index in [-0.39, 0.29) is 11.2 Å². The highest BCUT2D eigenvalue weighted by Gasteiger charge is 2.24. The summed E-state index contributed by atoms with van der Waals surface area (Å²) in [6.07, 6.45) is 0. The normalized spacial score (nSPS) is 14.9. The van der Waals surface area contributed by atoms with E-state index in [4.69, 9.17) is 0 Å². The lowest BCUT2D eigenvalue weighted by Gasteiger charge is -2.27. The number of rotatable bonds is 2. The van der Waals surface area contributed by atoms with Crippen LogP contribution >= 0.6 is 0 Å². The molecular weight excluding hydrogens is 306 g/mol.